The van der Waals surface area contributed by atoms with Gasteiger partial charge in [0.1, 0.15) is 17.8 Å². The summed E-state index contributed by atoms with van der Waals surface area (Å²) in [5.41, 5.74) is -0.330. The highest BCUT2D eigenvalue weighted by molar-refractivity contribution is 6.10. The van der Waals surface area contributed by atoms with Gasteiger partial charge in [-0.1, -0.05) is 12.1 Å². The Labute approximate surface area is 247 Å². The van der Waals surface area contributed by atoms with Crippen molar-refractivity contribution in [2.75, 3.05) is 24.7 Å². The number of fused-ring (bicyclic) bond motifs is 1. The highest BCUT2D eigenvalue weighted by Gasteiger charge is 2.44. The Balaban J connectivity index is 1.33. The Kier molecular flexibility index (Phi) is 7.02. The first kappa shape index (κ1) is 29.2. The zero-order valence-electron chi connectivity index (χ0n) is 24.6. The third-order valence-electron chi connectivity index (χ3n) is 8.46. The number of hydrogen-bond donors (Lipinski definition) is 0. The van der Waals surface area contributed by atoms with Crippen LogP contribution in [-0.2, 0) is 41.1 Å². The number of aromatic nitrogens is 3. The van der Waals surface area contributed by atoms with Gasteiger partial charge < -0.3 is 23.8 Å². The molecule has 2 aromatic carbocycles. The lowest BCUT2D eigenvalue weighted by atomic mass is 9.75. The molecule has 43 heavy (non-hydrogen) atoms. The number of benzene rings is 2. The van der Waals surface area contributed by atoms with Crippen molar-refractivity contribution in [3.05, 3.63) is 76.4 Å². The molecule has 12 heteroatoms. The third kappa shape index (κ3) is 5.37. The number of likely N-dealkylation sites (tertiary alicyclic amines) is 1. The molecule has 0 bridgehead atoms. The molecule has 4 heterocycles. The number of hydrogen-bond acceptors (Lipinski definition) is 6. The lowest BCUT2D eigenvalue weighted by Gasteiger charge is -2.42. The van der Waals surface area contributed by atoms with Crippen LogP contribution in [0.5, 0.6) is 0 Å². The minimum atomic E-state index is -4.68. The standard InChI is InChI=1S/C31H34F3N5O4/c1-29(2,3)43-28(41)38-10-6-9-25(38)19-11-22-23(24(12-19)31(32,33)34)15-39(27(22)40)21-8-5-7-20(13-21)30(16-42-17-30)14-26-36-35-18-37(26)4/h5,7-8,11-13,18,25H,6,9-10,14-17H2,1-4H3. The first-order chi connectivity index (χ1) is 20.3. The lowest BCUT2D eigenvalue weighted by molar-refractivity contribution is -0.138. The van der Waals surface area contributed by atoms with Gasteiger partial charge >= 0.3 is 12.3 Å². The minimum Gasteiger partial charge on any atom is -0.444 e. The number of carbonyl (C=O) groups excluding carboxylic acids is 2. The molecule has 2 fully saturated rings. The quantitative estimate of drug-likeness (QED) is 0.382. The first-order valence-electron chi connectivity index (χ1n) is 14.3. The Hall–Kier alpha value is -3.93. The number of amides is 2. The van der Waals surface area contributed by atoms with Crippen LogP contribution in [0.15, 0.2) is 42.7 Å². The van der Waals surface area contributed by atoms with Crippen LogP contribution >= 0.6 is 0 Å². The van der Waals surface area contributed by atoms with Crippen LogP contribution in [0.3, 0.4) is 0 Å². The number of carbonyl (C=O) groups is 2. The summed E-state index contributed by atoms with van der Waals surface area (Å²) in [5.74, 6) is 0.279. The van der Waals surface area contributed by atoms with Crippen LogP contribution in [0, 0.1) is 0 Å². The molecule has 3 aliphatic heterocycles. The number of halogens is 3. The molecule has 0 radical (unpaired) electrons. The molecule has 0 N–H and O–H groups in total. The van der Waals surface area contributed by atoms with Crippen molar-refractivity contribution < 1.29 is 32.2 Å². The van der Waals surface area contributed by atoms with Crippen molar-refractivity contribution >= 4 is 17.7 Å². The Morgan fingerprint density at radius 3 is 2.56 bits per heavy atom. The third-order valence-corrected chi connectivity index (χ3v) is 8.46. The normalized spacial score (nSPS) is 19.9. The fourth-order valence-corrected chi connectivity index (χ4v) is 6.23. The van der Waals surface area contributed by atoms with E-state index in [9.17, 15) is 22.8 Å². The summed E-state index contributed by atoms with van der Waals surface area (Å²) in [4.78, 5) is 29.6. The molecule has 6 rings (SSSR count). The van der Waals surface area contributed by atoms with Gasteiger partial charge in [-0.15, -0.1) is 10.2 Å². The molecular formula is C31H34F3N5O4. The number of aryl methyl sites for hydroxylation is 1. The van der Waals surface area contributed by atoms with Gasteiger partial charge in [0.05, 0.1) is 31.4 Å². The highest BCUT2D eigenvalue weighted by atomic mass is 19.4. The summed E-state index contributed by atoms with van der Waals surface area (Å²) in [5, 5.41) is 8.17. The SMILES string of the molecule is Cn1cnnc1CC1(c2cccc(N3Cc4c(cc(C5CCCN5C(=O)OC(C)(C)C)cc4C(F)(F)F)C3=O)c2)COC1. The predicted molar refractivity (Wildman–Crippen MR) is 151 cm³/mol. The van der Waals surface area contributed by atoms with Crippen molar-refractivity contribution in [2.45, 2.75) is 69.8 Å². The topological polar surface area (TPSA) is 89.8 Å². The molecule has 228 valence electrons. The van der Waals surface area contributed by atoms with Gasteiger partial charge in [0, 0.05) is 36.7 Å². The number of anilines is 1. The molecule has 0 aliphatic carbocycles. The van der Waals surface area contributed by atoms with Crippen LogP contribution in [0.4, 0.5) is 23.7 Å². The predicted octanol–water partition coefficient (Wildman–Crippen LogP) is 5.58. The first-order valence-corrected chi connectivity index (χ1v) is 14.3. The van der Waals surface area contributed by atoms with Gasteiger partial charge in [0.2, 0.25) is 0 Å². The fourth-order valence-electron chi connectivity index (χ4n) is 6.23. The van der Waals surface area contributed by atoms with E-state index >= 15 is 0 Å². The second kappa shape index (κ2) is 10.4. The maximum Gasteiger partial charge on any atom is 0.416 e. The fraction of sp³-hybridized carbons (Fsp3) is 0.484. The average molecular weight is 598 g/mol. The van der Waals surface area contributed by atoms with Crippen molar-refractivity contribution in [1.29, 1.82) is 0 Å². The summed E-state index contributed by atoms with van der Waals surface area (Å²) in [6, 6.07) is 9.35. The molecule has 1 atom stereocenters. The number of nitrogens with zero attached hydrogens (tertiary/aromatic N) is 5. The molecule has 2 amide bonds. The Bertz CT molecular complexity index is 1570. The van der Waals surface area contributed by atoms with Crippen molar-refractivity contribution in [3.63, 3.8) is 0 Å². The lowest BCUT2D eigenvalue weighted by Crippen LogP contribution is -2.49. The molecule has 0 spiro atoms. The van der Waals surface area contributed by atoms with E-state index in [2.05, 4.69) is 10.2 Å². The van der Waals surface area contributed by atoms with Gasteiger partial charge in [-0.3, -0.25) is 4.79 Å². The van der Waals surface area contributed by atoms with Gasteiger partial charge in [0.25, 0.3) is 5.91 Å². The summed E-state index contributed by atoms with van der Waals surface area (Å²) >= 11 is 0. The molecule has 1 unspecified atom stereocenters. The molecule has 0 saturated carbocycles. The molecule has 9 nitrogen and oxygen atoms in total. The van der Waals surface area contributed by atoms with Crippen LogP contribution in [0.1, 0.15) is 78.1 Å². The van der Waals surface area contributed by atoms with Crippen LogP contribution in [0.2, 0.25) is 0 Å². The van der Waals surface area contributed by atoms with E-state index in [4.69, 9.17) is 9.47 Å². The molecule has 1 aromatic heterocycles. The zero-order chi connectivity index (χ0) is 30.7. The summed E-state index contributed by atoms with van der Waals surface area (Å²) in [7, 11) is 1.86. The Morgan fingerprint density at radius 1 is 1.16 bits per heavy atom. The van der Waals surface area contributed by atoms with E-state index in [1.54, 1.807) is 33.2 Å². The smallest absolute Gasteiger partial charge is 0.416 e. The maximum atomic E-state index is 14.5. The Morgan fingerprint density at radius 2 is 1.93 bits per heavy atom. The van der Waals surface area contributed by atoms with Crippen molar-refractivity contribution in [2.24, 2.45) is 7.05 Å². The van der Waals surface area contributed by atoms with Crippen LogP contribution < -0.4 is 4.90 Å². The average Bonchev–Trinajstić information content (AvgIpc) is 3.63. The molecule has 2 saturated heterocycles. The second-order valence-corrected chi connectivity index (χ2v) is 12.7. The summed E-state index contributed by atoms with van der Waals surface area (Å²) in [6.07, 6.45) is -1.97. The summed E-state index contributed by atoms with van der Waals surface area (Å²) < 4.78 is 56.4. The van der Waals surface area contributed by atoms with Crippen LogP contribution in [0.25, 0.3) is 0 Å². The number of rotatable bonds is 5. The second-order valence-electron chi connectivity index (χ2n) is 12.7. The zero-order valence-corrected chi connectivity index (χ0v) is 24.6. The number of alkyl halides is 3. The van der Waals surface area contributed by atoms with Gasteiger partial charge in [0.15, 0.2) is 0 Å². The molecular weight excluding hydrogens is 563 g/mol. The minimum absolute atomic E-state index is 0.00652. The molecule has 3 aliphatic rings. The highest BCUT2D eigenvalue weighted by Crippen LogP contribution is 2.44. The molecule has 3 aromatic rings. The van der Waals surface area contributed by atoms with Gasteiger partial charge in [-0.05, 0) is 74.6 Å². The van der Waals surface area contributed by atoms with E-state index < -0.39 is 35.4 Å². The van der Waals surface area contributed by atoms with Crippen LogP contribution in [-0.4, -0.2) is 57.0 Å². The van der Waals surface area contributed by atoms with Crippen molar-refractivity contribution in [3.8, 4) is 0 Å². The van der Waals surface area contributed by atoms with Crippen molar-refractivity contribution in [1.82, 2.24) is 19.7 Å². The van der Waals surface area contributed by atoms with E-state index in [-0.39, 0.29) is 28.7 Å². The van der Waals surface area contributed by atoms with E-state index in [1.165, 1.54) is 15.9 Å². The monoisotopic (exact) mass is 597 g/mol. The van der Waals surface area contributed by atoms with E-state index in [0.717, 1.165) is 17.5 Å². The summed E-state index contributed by atoms with van der Waals surface area (Å²) in [6.45, 7) is 6.29. The van der Waals surface area contributed by atoms with E-state index in [1.807, 2.05) is 29.8 Å². The van der Waals surface area contributed by atoms with Gasteiger partial charge in [-0.2, -0.15) is 13.2 Å². The number of ether oxygens (including phenoxy) is 2. The van der Waals surface area contributed by atoms with E-state index in [0.29, 0.717) is 44.7 Å². The van der Waals surface area contributed by atoms with Gasteiger partial charge in [-0.25, -0.2) is 4.79 Å². The maximum absolute atomic E-state index is 14.5. The largest absolute Gasteiger partial charge is 0.444 e.